The summed E-state index contributed by atoms with van der Waals surface area (Å²) in [6.07, 6.45) is 8.25. The Morgan fingerprint density at radius 2 is 0.921 bits per heavy atom. The summed E-state index contributed by atoms with van der Waals surface area (Å²) in [7, 11) is 0. The first kappa shape index (κ1) is 30.7. The molecule has 0 aliphatic heterocycles. The van der Waals surface area contributed by atoms with Crippen molar-refractivity contribution in [1.82, 2.24) is 0 Å². The van der Waals surface area contributed by atoms with Gasteiger partial charge in [0.2, 0.25) is 0 Å². The molecule has 0 saturated carbocycles. The van der Waals surface area contributed by atoms with Gasteiger partial charge < -0.3 is 0 Å². The molecule has 4 rings (SSSR count). The summed E-state index contributed by atoms with van der Waals surface area (Å²) in [5.74, 6) is 3.87. The van der Waals surface area contributed by atoms with E-state index in [1.54, 1.807) is 6.92 Å². The number of hydrogen-bond acceptors (Lipinski definition) is 0. The van der Waals surface area contributed by atoms with E-state index in [-0.39, 0.29) is 0 Å². The lowest BCUT2D eigenvalue weighted by atomic mass is 9.65. The first-order chi connectivity index (χ1) is 18.7. The van der Waals surface area contributed by atoms with Crippen molar-refractivity contribution in [2.24, 2.45) is 0 Å². The highest BCUT2D eigenvalue weighted by Gasteiger charge is 2.36. The van der Waals surface area contributed by atoms with Gasteiger partial charge in [-0.25, -0.2) is 0 Å². The molecule has 0 saturated heterocycles. The van der Waals surface area contributed by atoms with E-state index in [0.29, 0.717) is 23.7 Å². The van der Waals surface area contributed by atoms with Gasteiger partial charge >= 0.3 is 0 Å². The minimum absolute atomic E-state index is 0.373. The van der Waals surface area contributed by atoms with Crippen LogP contribution in [0.15, 0.2) is 121 Å². The van der Waals surface area contributed by atoms with Crippen LogP contribution in [0.5, 0.6) is 0 Å². The van der Waals surface area contributed by atoms with Crippen LogP contribution in [0.3, 0.4) is 0 Å². The van der Waals surface area contributed by atoms with Crippen LogP contribution < -0.4 is 0 Å². The molecule has 4 unspecified atom stereocenters. The third kappa shape index (κ3) is 8.78. The van der Waals surface area contributed by atoms with Crippen molar-refractivity contribution in [3.8, 4) is 12.3 Å². The van der Waals surface area contributed by atoms with Crippen LogP contribution in [0.1, 0.15) is 99.8 Å². The van der Waals surface area contributed by atoms with E-state index in [9.17, 15) is 0 Å². The zero-order valence-electron chi connectivity index (χ0n) is 24.1. The third-order valence-corrected chi connectivity index (χ3v) is 7.15. The molecule has 0 heterocycles. The molecule has 0 aromatic heterocycles. The average molecular weight is 503 g/mol. The Morgan fingerprint density at radius 3 is 1.32 bits per heavy atom. The van der Waals surface area contributed by atoms with Gasteiger partial charge in [0.25, 0.3) is 0 Å². The van der Waals surface area contributed by atoms with Crippen molar-refractivity contribution in [3.63, 3.8) is 0 Å². The van der Waals surface area contributed by atoms with Crippen LogP contribution in [0.2, 0.25) is 0 Å². The summed E-state index contributed by atoms with van der Waals surface area (Å²) in [6.45, 7) is 10.4. The van der Waals surface area contributed by atoms with Crippen LogP contribution in [0, 0.1) is 12.3 Å². The van der Waals surface area contributed by atoms with Gasteiger partial charge in [0.15, 0.2) is 0 Å². The molecule has 0 aliphatic carbocycles. The molecule has 38 heavy (non-hydrogen) atoms. The van der Waals surface area contributed by atoms with Crippen LogP contribution in [0.4, 0.5) is 0 Å². The second kappa shape index (κ2) is 17.8. The maximum absolute atomic E-state index is 4.60. The quantitative estimate of drug-likeness (QED) is 0.189. The molecule has 0 bridgehead atoms. The summed E-state index contributed by atoms with van der Waals surface area (Å²) in [6, 6.07) is 44.8. The first-order valence-electron chi connectivity index (χ1n) is 14.3. The second-order valence-electron chi connectivity index (χ2n) is 9.52. The summed E-state index contributed by atoms with van der Waals surface area (Å²) in [4.78, 5) is 0. The van der Waals surface area contributed by atoms with E-state index in [4.69, 9.17) is 0 Å². The van der Waals surface area contributed by atoms with Crippen molar-refractivity contribution in [2.75, 3.05) is 0 Å². The summed E-state index contributed by atoms with van der Waals surface area (Å²) in [5.41, 5.74) is 5.75. The molecule has 4 aromatic carbocycles. The van der Waals surface area contributed by atoms with Gasteiger partial charge in [0, 0.05) is 0 Å². The largest absolute Gasteiger partial charge is 0.120 e. The SMILES string of the molecule is C#CC.CC.CCCCC(c1ccccc1)C(c1ccccc1)C(c1ccccc1)C(C)c1ccccc1. The fourth-order valence-corrected chi connectivity index (χ4v) is 5.49. The van der Waals surface area contributed by atoms with Gasteiger partial charge in [-0.2, -0.15) is 0 Å². The van der Waals surface area contributed by atoms with E-state index in [2.05, 4.69) is 148 Å². The Balaban J connectivity index is 0.000000947. The highest BCUT2D eigenvalue weighted by atomic mass is 14.4. The van der Waals surface area contributed by atoms with Crippen molar-refractivity contribution < 1.29 is 0 Å². The monoisotopic (exact) mass is 502 g/mol. The standard InChI is InChI=1S/C33H36.C3H4.C2H6/c1-3-4-25-31(28-19-11-6-12-20-28)33(30-23-15-8-16-24-30)32(29-21-13-7-14-22-29)26(2)27-17-9-5-10-18-27;1-3-2;1-2/h5-24,26,31-33H,3-4,25H2,1-2H3;1H,2H3;1-2H3. The Bertz CT molecular complexity index is 1140. The summed E-state index contributed by atoms with van der Waals surface area (Å²) < 4.78 is 0. The Labute approximate surface area is 233 Å². The van der Waals surface area contributed by atoms with E-state index in [0.717, 1.165) is 0 Å². The van der Waals surface area contributed by atoms with Crippen molar-refractivity contribution >= 4 is 0 Å². The predicted octanol–water partition coefficient (Wildman–Crippen LogP) is 11.0. The van der Waals surface area contributed by atoms with Gasteiger partial charge in [-0.3, -0.25) is 0 Å². The molecule has 0 N–H and O–H groups in total. The highest BCUT2D eigenvalue weighted by Crippen LogP contribution is 2.51. The summed E-state index contributed by atoms with van der Waals surface area (Å²) >= 11 is 0. The third-order valence-electron chi connectivity index (χ3n) is 7.15. The van der Waals surface area contributed by atoms with E-state index in [1.807, 2.05) is 13.8 Å². The minimum Gasteiger partial charge on any atom is -0.120 e. The van der Waals surface area contributed by atoms with E-state index in [1.165, 1.54) is 41.5 Å². The number of benzene rings is 4. The molecule has 0 heteroatoms. The molecule has 4 aromatic rings. The van der Waals surface area contributed by atoms with Crippen molar-refractivity contribution in [2.45, 2.75) is 77.6 Å². The van der Waals surface area contributed by atoms with Crippen LogP contribution in [-0.4, -0.2) is 0 Å². The normalized spacial score (nSPS) is 13.3. The fourth-order valence-electron chi connectivity index (χ4n) is 5.49. The molecular weight excluding hydrogens is 456 g/mol. The van der Waals surface area contributed by atoms with Gasteiger partial charge in [-0.15, -0.1) is 12.3 Å². The molecule has 0 fully saturated rings. The zero-order valence-corrected chi connectivity index (χ0v) is 24.1. The fraction of sp³-hybridized carbons (Fsp3) is 0.316. The van der Waals surface area contributed by atoms with Crippen molar-refractivity contribution in [3.05, 3.63) is 144 Å². The lowest BCUT2D eigenvalue weighted by Gasteiger charge is -2.39. The topological polar surface area (TPSA) is 0 Å². The Hall–Kier alpha value is -3.56. The van der Waals surface area contributed by atoms with Gasteiger partial charge in [-0.1, -0.05) is 162 Å². The average Bonchev–Trinajstić information content (AvgIpc) is 3.00. The predicted molar refractivity (Wildman–Crippen MR) is 168 cm³/mol. The van der Waals surface area contributed by atoms with E-state index >= 15 is 0 Å². The first-order valence-corrected chi connectivity index (χ1v) is 14.3. The number of rotatable bonds is 10. The Morgan fingerprint density at radius 1 is 0.579 bits per heavy atom. The Kier molecular flexibility index (Phi) is 14.4. The van der Waals surface area contributed by atoms with Gasteiger partial charge in [0.1, 0.15) is 0 Å². The molecule has 0 spiro atoms. The zero-order chi connectivity index (χ0) is 27.6. The molecule has 0 amide bonds. The molecule has 0 nitrogen and oxygen atoms in total. The van der Waals surface area contributed by atoms with Crippen LogP contribution in [-0.2, 0) is 0 Å². The van der Waals surface area contributed by atoms with Crippen molar-refractivity contribution in [1.29, 1.82) is 0 Å². The van der Waals surface area contributed by atoms with Gasteiger partial charge in [-0.05, 0) is 59.3 Å². The lowest BCUT2D eigenvalue weighted by Crippen LogP contribution is -2.24. The van der Waals surface area contributed by atoms with E-state index < -0.39 is 0 Å². The molecule has 198 valence electrons. The smallest absolute Gasteiger partial charge is 0.00185 e. The number of terminal acetylenes is 1. The molecule has 0 aliphatic rings. The number of hydrogen-bond donors (Lipinski definition) is 0. The number of unbranched alkanes of at least 4 members (excludes halogenated alkanes) is 1. The maximum atomic E-state index is 4.60. The van der Waals surface area contributed by atoms with Gasteiger partial charge in [0.05, 0.1) is 0 Å². The lowest BCUT2D eigenvalue weighted by molar-refractivity contribution is 0.386. The molecular formula is C38H46. The summed E-state index contributed by atoms with van der Waals surface area (Å²) in [5, 5.41) is 0. The van der Waals surface area contributed by atoms with Crippen LogP contribution in [0.25, 0.3) is 0 Å². The maximum Gasteiger partial charge on any atom is -0.00185 e. The minimum atomic E-state index is 0.373. The highest BCUT2D eigenvalue weighted by molar-refractivity contribution is 5.38. The second-order valence-corrected chi connectivity index (χ2v) is 9.52. The molecule has 0 radical (unpaired) electrons. The molecule has 4 atom stereocenters. The van der Waals surface area contributed by atoms with Crippen LogP contribution >= 0.6 is 0 Å².